The molecule has 3 unspecified atom stereocenters. The average molecular weight is 284 g/mol. The summed E-state index contributed by atoms with van der Waals surface area (Å²) in [6, 6.07) is 4.43. The van der Waals surface area contributed by atoms with Crippen LogP contribution in [-0.4, -0.2) is 14.5 Å². The minimum Gasteiger partial charge on any atom is -0.369 e. The summed E-state index contributed by atoms with van der Waals surface area (Å²) in [5.41, 5.74) is 9.78. The summed E-state index contributed by atoms with van der Waals surface area (Å²) >= 11 is 0. The van der Waals surface area contributed by atoms with Crippen LogP contribution in [0.5, 0.6) is 0 Å². The number of pyridine rings is 1. The van der Waals surface area contributed by atoms with Gasteiger partial charge in [0, 0.05) is 11.7 Å². The molecule has 0 aliphatic heterocycles. The number of fused-ring (bicyclic) bond motifs is 3. The van der Waals surface area contributed by atoms with Gasteiger partial charge in [0.1, 0.15) is 5.52 Å². The van der Waals surface area contributed by atoms with Crippen LogP contribution in [-0.2, 0) is 0 Å². The van der Waals surface area contributed by atoms with Crippen LogP contribution in [0.1, 0.15) is 51.8 Å². The van der Waals surface area contributed by atoms with Gasteiger partial charge in [-0.25, -0.2) is 9.97 Å². The van der Waals surface area contributed by atoms with Crippen molar-refractivity contribution in [2.75, 3.05) is 5.73 Å². The first-order valence-corrected chi connectivity index (χ1v) is 7.94. The fourth-order valence-electron chi connectivity index (χ4n) is 5.26. The monoisotopic (exact) mass is 284 g/mol. The van der Waals surface area contributed by atoms with Gasteiger partial charge in [-0.3, -0.25) is 4.57 Å². The Labute approximate surface area is 125 Å². The number of nitrogens with zero attached hydrogens (tertiary/aromatic N) is 3. The highest BCUT2D eigenvalue weighted by Gasteiger charge is 2.60. The van der Waals surface area contributed by atoms with Crippen LogP contribution >= 0.6 is 0 Å². The first-order valence-electron chi connectivity index (χ1n) is 7.94. The van der Waals surface area contributed by atoms with Crippen LogP contribution in [0.3, 0.4) is 0 Å². The fraction of sp³-hybridized carbons (Fsp3) is 0.647. The van der Waals surface area contributed by atoms with Crippen LogP contribution in [0.25, 0.3) is 11.2 Å². The second-order valence-electron chi connectivity index (χ2n) is 7.95. The minimum absolute atomic E-state index is 0.250. The Kier molecular flexibility index (Phi) is 2.36. The lowest BCUT2D eigenvalue weighted by Crippen LogP contribution is -2.37. The summed E-state index contributed by atoms with van der Waals surface area (Å²) in [5.74, 6) is 1.41. The van der Waals surface area contributed by atoms with Gasteiger partial charge in [-0.2, -0.15) is 0 Å². The minimum atomic E-state index is 0.250. The van der Waals surface area contributed by atoms with E-state index in [1.54, 1.807) is 0 Å². The number of hydrogen-bond donors (Lipinski definition) is 1. The maximum Gasteiger partial charge on any atom is 0.202 e. The van der Waals surface area contributed by atoms with Crippen LogP contribution in [0.15, 0.2) is 12.1 Å². The number of aryl methyl sites for hydroxylation is 1. The Morgan fingerprint density at radius 2 is 2.00 bits per heavy atom. The van der Waals surface area contributed by atoms with Crippen molar-refractivity contribution in [2.45, 2.75) is 53.0 Å². The molecule has 2 heterocycles. The molecule has 21 heavy (non-hydrogen) atoms. The van der Waals surface area contributed by atoms with Gasteiger partial charge in [0.25, 0.3) is 0 Å². The highest BCUT2D eigenvalue weighted by molar-refractivity contribution is 5.74. The third-order valence-electron chi connectivity index (χ3n) is 6.16. The Morgan fingerprint density at radius 3 is 2.67 bits per heavy atom. The van der Waals surface area contributed by atoms with Crippen molar-refractivity contribution in [3.8, 4) is 0 Å². The molecule has 3 atom stereocenters. The molecule has 2 aliphatic rings. The van der Waals surface area contributed by atoms with Gasteiger partial charge >= 0.3 is 0 Å². The molecular formula is C17H24N4. The molecule has 0 radical (unpaired) electrons. The van der Waals surface area contributed by atoms with Crippen molar-refractivity contribution >= 4 is 17.1 Å². The average Bonchev–Trinajstić information content (AvgIpc) is 2.98. The van der Waals surface area contributed by atoms with Gasteiger partial charge < -0.3 is 5.73 Å². The molecule has 2 aromatic rings. The summed E-state index contributed by atoms with van der Waals surface area (Å²) in [5, 5.41) is 0. The van der Waals surface area contributed by atoms with E-state index in [0.717, 1.165) is 22.8 Å². The first-order chi connectivity index (χ1) is 9.83. The number of anilines is 1. The standard InChI is InChI=1S/C17H24N4/c1-10-5-6-12-13(19-10)21(15(18)20-12)14-16(2,3)11-7-8-17(14,4)9-11/h5-6,11,14H,7-9H2,1-4H3,(H2,18,20). The van der Waals surface area contributed by atoms with Gasteiger partial charge in [0.2, 0.25) is 5.95 Å². The third kappa shape index (κ3) is 1.56. The van der Waals surface area contributed by atoms with Gasteiger partial charge in [-0.15, -0.1) is 0 Å². The highest BCUT2D eigenvalue weighted by Crippen LogP contribution is 2.68. The molecule has 2 aliphatic carbocycles. The molecule has 2 bridgehead atoms. The van der Waals surface area contributed by atoms with E-state index in [1.165, 1.54) is 19.3 Å². The molecule has 2 aromatic heterocycles. The van der Waals surface area contributed by atoms with Crippen molar-refractivity contribution in [2.24, 2.45) is 16.7 Å². The van der Waals surface area contributed by atoms with E-state index in [9.17, 15) is 0 Å². The second-order valence-corrected chi connectivity index (χ2v) is 7.95. The summed E-state index contributed by atoms with van der Waals surface area (Å²) in [7, 11) is 0. The van der Waals surface area contributed by atoms with E-state index in [-0.39, 0.29) is 5.41 Å². The molecule has 4 rings (SSSR count). The van der Waals surface area contributed by atoms with Crippen LogP contribution in [0.2, 0.25) is 0 Å². The quantitative estimate of drug-likeness (QED) is 0.868. The number of rotatable bonds is 1. The Hall–Kier alpha value is -1.58. The Morgan fingerprint density at radius 1 is 1.24 bits per heavy atom. The molecule has 112 valence electrons. The van der Waals surface area contributed by atoms with Crippen molar-refractivity contribution in [1.29, 1.82) is 0 Å². The SMILES string of the molecule is Cc1ccc2nc(N)n(C3C4(C)CCC(C4)C3(C)C)c2n1. The van der Waals surface area contributed by atoms with E-state index in [2.05, 4.69) is 30.3 Å². The first kappa shape index (κ1) is 13.1. The van der Waals surface area contributed by atoms with E-state index in [1.807, 2.05) is 19.1 Å². The molecule has 0 spiro atoms. The molecule has 4 nitrogen and oxygen atoms in total. The van der Waals surface area contributed by atoms with Gasteiger partial charge in [-0.05, 0) is 55.1 Å². The van der Waals surface area contributed by atoms with Crippen molar-refractivity contribution in [1.82, 2.24) is 14.5 Å². The van der Waals surface area contributed by atoms with Crippen LogP contribution in [0, 0.1) is 23.7 Å². The molecular weight excluding hydrogens is 260 g/mol. The molecule has 0 saturated heterocycles. The summed E-state index contributed by atoms with van der Waals surface area (Å²) in [6.45, 7) is 9.25. The van der Waals surface area contributed by atoms with E-state index >= 15 is 0 Å². The molecule has 4 heteroatoms. The molecule has 0 amide bonds. The molecule has 2 N–H and O–H groups in total. The topological polar surface area (TPSA) is 56.7 Å². The lowest BCUT2D eigenvalue weighted by atomic mass is 9.68. The molecule has 2 saturated carbocycles. The maximum absolute atomic E-state index is 6.31. The maximum atomic E-state index is 6.31. The number of aromatic nitrogens is 3. The van der Waals surface area contributed by atoms with Gasteiger partial charge in [0.15, 0.2) is 5.65 Å². The number of nitrogen functional groups attached to an aromatic ring is 1. The van der Waals surface area contributed by atoms with E-state index < -0.39 is 0 Å². The van der Waals surface area contributed by atoms with Gasteiger partial charge in [-0.1, -0.05) is 20.8 Å². The lowest BCUT2D eigenvalue weighted by molar-refractivity contribution is 0.0878. The predicted octanol–water partition coefficient (Wildman–Crippen LogP) is 3.71. The zero-order valence-electron chi connectivity index (χ0n) is 13.3. The molecule has 2 fully saturated rings. The summed E-state index contributed by atoms with van der Waals surface area (Å²) < 4.78 is 2.24. The largest absolute Gasteiger partial charge is 0.369 e. The zero-order valence-corrected chi connectivity index (χ0v) is 13.3. The Bertz CT molecular complexity index is 725. The van der Waals surface area contributed by atoms with Crippen molar-refractivity contribution in [3.63, 3.8) is 0 Å². The lowest BCUT2D eigenvalue weighted by Gasteiger charge is -2.43. The third-order valence-corrected chi connectivity index (χ3v) is 6.16. The van der Waals surface area contributed by atoms with Crippen molar-refractivity contribution in [3.05, 3.63) is 17.8 Å². The number of imidazole rings is 1. The van der Waals surface area contributed by atoms with Crippen LogP contribution in [0.4, 0.5) is 5.95 Å². The smallest absolute Gasteiger partial charge is 0.202 e. The highest BCUT2D eigenvalue weighted by atomic mass is 15.2. The number of nitrogens with two attached hydrogens (primary N) is 1. The Balaban J connectivity index is 1.98. The predicted molar refractivity (Wildman–Crippen MR) is 84.9 cm³/mol. The normalized spacial score (nSPS) is 33.9. The van der Waals surface area contributed by atoms with E-state index in [4.69, 9.17) is 10.7 Å². The molecule has 0 aromatic carbocycles. The zero-order chi connectivity index (χ0) is 15.0. The van der Waals surface area contributed by atoms with E-state index in [0.29, 0.717) is 17.4 Å². The second kappa shape index (κ2) is 3.79. The number of hydrogen-bond acceptors (Lipinski definition) is 3. The summed E-state index contributed by atoms with van der Waals surface area (Å²) in [4.78, 5) is 9.30. The fourth-order valence-corrected chi connectivity index (χ4v) is 5.26. The van der Waals surface area contributed by atoms with Gasteiger partial charge in [0.05, 0.1) is 0 Å². The van der Waals surface area contributed by atoms with Crippen LogP contribution < -0.4 is 5.73 Å². The van der Waals surface area contributed by atoms with Crippen molar-refractivity contribution < 1.29 is 0 Å². The summed E-state index contributed by atoms with van der Waals surface area (Å²) in [6.07, 6.45) is 3.94.